The Hall–Kier alpha value is -2.41. The van der Waals surface area contributed by atoms with Gasteiger partial charge >= 0.3 is 0 Å². The molecule has 0 unspecified atom stereocenters. The van der Waals surface area contributed by atoms with Gasteiger partial charge in [0.05, 0.1) is 5.69 Å². The van der Waals surface area contributed by atoms with Gasteiger partial charge in [-0.05, 0) is 19.9 Å². The molecule has 2 rings (SSSR count). The lowest BCUT2D eigenvalue weighted by molar-refractivity contribution is 1.10. The number of aromatic nitrogens is 2. The molecular weight excluding hydrogens is 212 g/mol. The lowest BCUT2D eigenvalue weighted by Gasteiger charge is -2.05. The van der Waals surface area contributed by atoms with Gasteiger partial charge in [-0.15, -0.1) is 0 Å². The van der Waals surface area contributed by atoms with E-state index >= 15 is 0 Å². The van der Waals surface area contributed by atoms with Crippen LogP contribution in [-0.4, -0.2) is 9.97 Å². The van der Waals surface area contributed by atoms with E-state index < -0.39 is 0 Å². The van der Waals surface area contributed by atoms with Crippen LogP contribution in [0.25, 0.3) is 11.4 Å². The van der Waals surface area contributed by atoms with Crippen LogP contribution in [0, 0.1) is 25.2 Å². The number of nitrogens with zero attached hydrogens (tertiary/aromatic N) is 3. The Balaban J connectivity index is 2.59. The highest BCUT2D eigenvalue weighted by atomic mass is 15.0. The van der Waals surface area contributed by atoms with Crippen LogP contribution in [0.15, 0.2) is 24.3 Å². The third-order valence-corrected chi connectivity index (χ3v) is 2.51. The fourth-order valence-electron chi connectivity index (χ4n) is 1.65. The lowest BCUT2D eigenvalue weighted by Crippen LogP contribution is -2.02. The number of nitrogen functional groups attached to an aromatic ring is 1. The van der Waals surface area contributed by atoms with Crippen LogP contribution in [0.2, 0.25) is 0 Å². The van der Waals surface area contributed by atoms with Crippen LogP contribution < -0.4 is 5.73 Å². The summed E-state index contributed by atoms with van der Waals surface area (Å²) in [7, 11) is 0. The van der Waals surface area contributed by atoms with E-state index in [1.807, 2.05) is 37.3 Å². The molecule has 0 fully saturated rings. The molecule has 1 aromatic heterocycles. The van der Waals surface area contributed by atoms with Gasteiger partial charge in [0.15, 0.2) is 5.82 Å². The van der Waals surface area contributed by atoms with Crippen molar-refractivity contribution in [1.29, 1.82) is 5.26 Å². The molecule has 0 aliphatic carbocycles. The summed E-state index contributed by atoms with van der Waals surface area (Å²) in [4.78, 5) is 8.46. The van der Waals surface area contributed by atoms with Gasteiger partial charge in [-0.1, -0.05) is 23.8 Å². The second kappa shape index (κ2) is 4.22. The smallest absolute Gasteiger partial charge is 0.161 e. The molecule has 84 valence electrons. The molecule has 0 amide bonds. The van der Waals surface area contributed by atoms with Gasteiger partial charge in [-0.3, -0.25) is 0 Å². The zero-order valence-electron chi connectivity index (χ0n) is 9.73. The molecule has 0 bridgehead atoms. The second-order valence-corrected chi connectivity index (χ2v) is 3.87. The molecule has 0 aliphatic rings. The average Bonchev–Trinajstić information content (AvgIpc) is 2.28. The summed E-state index contributed by atoms with van der Waals surface area (Å²) in [6.45, 7) is 3.76. The van der Waals surface area contributed by atoms with Crippen molar-refractivity contribution in [3.8, 4) is 17.5 Å². The van der Waals surface area contributed by atoms with E-state index in [1.165, 1.54) is 0 Å². The summed E-state index contributed by atoms with van der Waals surface area (Å²) in [5, 5.41) is 8.89. The molecule has 0 saturated heterocycles. The van der Waals surface area contributed by atoms with Crippen LogP contribution in [-0.2, 0) is 0 Å². The number of hydrogen-bond donors (Lipinski definition) is 1. The van der Waals surface area contributed by atoms with Gasteiger partial charge in [-0.2, -0.15) is 5.26 Å². The minimum atomic E-state index is 0.233. The first kappa shape index (κ1) is 11.1. The van der Waals surface area contributed by atoms with E-state index in [2.05, 4.69) is 9.97 Å². The van der Waals surface area contributed by atoms with Crippen LogP contribution in [0.3, 0.4) is 0 Å². The largest absolute Gasteiger partial charge is 0.382 e. The number of aryl methyl sites for hydroxylation is 2. The molecule has 0 spiro atoms. The van der Waals surface area contributed by atoms with Gasteiger partial charge in [0, 0.05) is 5.56 Å². The van der Waals surface area contributed by atoms with Crippen molar-refractivity contribution in [2.75, 3.05) is 5.73 Å². The fourth-order valence-corrected chi connectivity index (χ4v) is 1.65. The summed E-state index contributed by atoms with van der Waals surface area (Å²) < 4.78 is 0. The number of hydrogen-bond acceptors (Lipinski definition) is 4. The molecule has 4 heteroatoms. The Morgan fingerprint density at radius 2 is 2.00 bits per heavy atom. The SMILES string of the molecule is Cc1cccc(-c2nc(C)c(C#N)c(N)n2)c1. The van der Waals surface area contributed by atoms with Crippen molar-refractivity contribution in [3.05, 3.63) is 41.1 Å². The maximum absolute atomic E-state index is 8.89. The van der Waals surface area contributed by atoms with Crippen molar-refractivity contribution in [3.63, 3.8) is 0 Å². The van der Waals surface area contributed by atoms with Crippen LogP contribution >= 0.6 is 0 Å². The highest BCUT2D eigenvalue weighted by Gasteiger charge is 2.09. The molecule has 0 radical (unpaired) electrons. The van der Waals surface area contributed by atoms with Crippen LogP contribution in [0.4, 0.5) is 5.82 Å². The van der Waals surface area contributed by atoms with Gasteiger partial charge in [0.1, 0.15) is 17.5 Å². The van der Waals surface area contributed by atoms with Crippen LogP contribution in [0.1, 0.15) is 16.8 Å². The van der Waals surface area contributed by atoms with Crippen molar-refractivity contribution >= 4 is 5.82 Å². The summed E-state index contributed by atoms with van der Waals surface area (Å²) in [5.74, 6) is 0.791. The van der Waals surface area contributed by atoms with Crippen molar-refractivity contribution in [2.45, 2.75) is 13.8 Å². The number of nitriles is 1. The minimum Gasteiger partial charge on any atom is -0.382 e. The van der Waals surface area contributed by atoms with Gasteiger partial charge in [0.2, 0.25) is 0 Å². The molecule has 1 heterocycles. The Morgan fingerprint density at radius 1 is 1.24 bits per heavy atom. The second-order valence-electron chi connectivity index (χ2n) is 3.87. The fraction of sp³-hybridized carbons (Fsp3) is 0.154. The maximum Gasteiger partial charge on any atom is 0.161 e. The minimum absolute atomic E-state index is 0.233. The molecule has 0 atom stereocenters. The molecule has 4 nitrogen and oxygen atoms in total. The average molecular weight is 224 g/mol. The number of nitrogens with two attached hydrogens (primary N) is 1. The highest BCUT2D eigenvalue weighted by molar-refractivity contribution is 5.61. The van der Waals surface area contributed by atoms with E-state index in [0.29, 0.717) is 17.1 Å². The van der Waals surface area contributed by atoms with Crippen molar-refractivity contribution in [1.82, 2.24) is 9.97 Å². The molecular formula is C13H12N4. The molecule has 17 heavy (non-hydrogen) atoms. The Bertz CT molecular complexity index is 588. The van der Waals surface area contributed by atoms with E-state index in [9.17, 15) is 0 Å². The highest BCUT2D eigenvalue weighted by Crippen LogP contribution is 2.20. The normalized spacial score (nSPS) is 9.94. The Labute approximate surface area is 99.8 Å². The number of benzene rings is 1. The standard InChI is InChI=1S/C13H12N4/c1-8-4-3-5-10(6-8)13-16-9(2)11(7-14)12(15)17-13/h3-6H,1-2H3,(H2,15,16,17). The van der Waals surface area contributed by atoms with Gasteiger partial charge < -0.3 is 5.73 Å². The van der Waals surface area contributed by atoms with E-state index in [1.54, 1.807) is 6.92 Å². The third-order valence-electron chi connectivity index (χ3n) is 2.51. The summed E-state index contributed by atoms with van der Waals surface area (Å²) in [5.41, 5.74) is 8.73. The zero-order chi connectivity index (χ0) is 12.4. The third kappa shape index (κ3) is 2.08. The molecule has 0 saturated carbocycles. The summed E-state index contributed by atoms with van der Waals surface area (Å²) >= 11 is 0. The number of rotatable bonds is 1. The summed E-state index contributed by atoms with van der Waals surface area (Å²) in [6, 6.07) is 9.86. The lowest BCUT2D eigenvalue weighted by atomic mass is 10.1. The zero-order valence-corrected chi connectivity index (χ0v) is 9.73. The molecule has 2 aromatic rings. The van der Waals surface area contributed by atoms with E-state index in [4.69, 9.17) is 11.0 Å². The Kier molecular flexibility index (Phi) is 2.75. The Morgan fingerprint density at radius 3 is 2.59 bits per heavy atom. The first-order valence-corrected chi connectivity index (χ1v) is 5.23. The first-order valence-electron chi connectivity index (χ1n) is 5.23. The van der Waals surface area contributed by atoms with E-state index in [-0.39, 0.29) is 5.82 Å². The predicted octanol–water partition coefficient (Wildman–Crippen LogP) is 2.21. The molecule has 2 N–H and O–H groups in total. The number of anilines is 1. The predicted molar refractivity (Wildman–Crippen MR) is 66.1 cm³/mol. The molecule has 1 aromatic carbocycles. The molecule has 0 aliphatic heterocycles. The maximum atomic E-state index is 8.89. The summed E-state index contributed by atoms with van der Waals surface area (Å²) in [6.07, 6.45) is 0. The topological polar surface area (TPSA) is 75.6 Å². The first-order chi connectivity index (χ1) is 8.11. The monoisotopic (exact) mass is 224 g/mol. The van der Waals surface area contributed by atoms with Gasteiger partial charge in [0.25, 0.3) is 0 Å². The van der Waals surface area contributed by atoms with Crippen molar-refractivity contribution < 1.29 is 0 Å². The quantitative estimate of drug-likeness (QED) is 0.805. The van der Waals surface area contributed by atoms with Crippen LogP contribution in [0.5, 0.6) is 0 Å². The van der Waals surface area contributed by atoms with Gasteiger partial charge in [-0.25, -0.2) is 9.97 Å². The van der Waals surface area contributed by atoms with E-state index in [0.717, 1.165) is 11.1 Å². The van der Waals surface area contributed by atoms with Crippen molar-refractivity contribution in [2.24, 2.45) is 0 Å².